The second-order valence-corrected chi connectivity index (χ2v) is 7.42. The maximum Gasteiger partial charge on any atom is 0.316 e. The lowest BCUT2D eigenvalue weighted by atomic mass is 10.2. The number of hydrogen-bond acceptors (Lipinski definition) is 5. The highest BCUT2D eigenvalue weighted by atomic mass is 79.9. The van der Waals surface area contributed by atoms with Gasteiger partial charge in [-0.3, -0.25) is 9.59 Å². The Labute approximate surface area is 165 Å². The maximum atomic E-state index is 11.8. The summed E-state index contributed by atoms with van der Waals surface area (Å²) in [4.78, 5) is 24.6. The van der Waals surface area contributed by atoms with E-state index in [0.717, 1.165) is 26.2 Å². The van der Waals surface area contributed by atoms with Gasteiger partial charge in [0.05, 0.1) is 12.9 Å². The number of carbonyl (C=O) groups excluding carboxylic acids is 2. The van der Waals surface area contributed by atoms with Crippen molar-refractivity contribution in [3.05, 3.63) is 58.1 Å². The first-order valence-electron chi connectivity index (χ1n) is 7.92. The van der Waals surface area contributed by atoms with Crippen LogP contribution in [0.25, 0.3) is 0 Å². The molecule has 0 atom stereocenters. The molecule has 26 heavy (non-hydrogen) atoms. The van der Waals surface area contributed by atoms with Crippen molar-refractivity contribution in [1.82, 2.24) is 5.32 Å². The van der Waals surface area contributed by atoms with Crippen LogP contribution < -0.4 is 10.1 Å². The Morgan fingerprint density at radius 3 is 2.73 bits per heavy atom. The van der Waals surface area contributed by atoms with Crippen LogP contribution in [0.2, 0.25) is 0 Å². The summed E-state index contributed by atoms with van der Waals surface area (Å²) in [7, 11) is 1.59. The summed E-state index contributed by atoms with van der Waals surface area (Å²) in [5.41, 5.74) is 1.98. The molecule has 0 spiro atoms. The number of ether oxygens (including phenoxy) is 2. The fourth-order valence-electron chi connectivity index (χ4n) is 2.13. The Kier molecular flexibility index (Phi) is 8.00. The van der Waals surface area contributed by atoms with E-state index >= 15 is 0 Å². The third-order valence-corrected chi connectivity index (χ3v) is 5.11. The van der Waals surface area contributed by atoms with Gasteiger partial charge in [0, 0.05) is 15.9 Å². The number of hydrogen-bond donors (Lipinski definition) is 1. The average molecular weight is 438 g/mol. The molecule has 0 aromatic heterocycles. The molecule has 1 amide bonds. The molecule has 7 heteroatoms. The van der Waals surface area contributed by atoms with Gasteiger partial charge in [0.1, 0.15) is 5.75 Å². The van der Waals surface area contributed by atoms with Crippen LogP contribution >= 0.6 is 27.7 Å². The van der Waals surface area contributed by atoms with Crippen molar-refractivity contribution in [1.29, 1.82) is 0 Å². The van der Waals surface area contributed by atoms with Crippen LogP contribution in [0.3, 0.4) is 0 Å². The lowest BCUT2D eigenvalue weighted by molar-refractivity contribution is -0.145. The molecule has 0 radical (unpaired) electrons. The number of rotatable bonds is 8. The van der Waals surface area contributed by atoms with Crippen LogP contribution in [0, 0.1) is 6.92 Å². The average Bonchev–Trinajstić information content (AvgIpc) is 2.64. The summed E-state index contributed by atoms with van der Waals surface area (Å²) in [5, 5.41) is 2.71. The molecule has 138 valence electrons. The number of amides is 1. The van der Waals surface area contributed by atoms with E-state index in [1.807, 2.05) is 49.4 Å². The van der Waals surface area contributed by atoms with Gasteiger partial charge in [0.15, 0.2) is 6.61 Å². The summed E-state index contributed by atoms with van der Waals surface area (Å²) in [6, 6.07) is 13.2. The minimum Gasteiger partial charge on any atom is -0.497 e. The second-order valence-electron chi connectivity index (χ2n) is 5.49. The predicted molar refractivity (Wildman–Crippen MR) is 105 cm³/mol. The Balaban J connectivity index is 1.70. The number of carbonyl (C=O) groups is 2. The summed E-state index contributed by atoms with van der Waals surface area (Å²) in [6.07, 6.45) is 0. The maximum absolute atomic E-state index is 11.8. The monoisotopic (exact) mass is 437 g/mol. The van der Waals surface area contributed by atoms with E-state index in [4.69, 9.17) is 9.47 Å². The second kappa shape index (κ2) is 10.2. The van der Waals surface area contributed by atoms with Crippen molar-refractivity contribution >= 4 is 39.6 Å². The van der Waals surface area contributed by atoms with E-state index in [1.165, 1.54) is 11.8 Å². The quantitative estimate of drug-likeness (QED) is 0.503. The standard InChI is InChI=1S/C19H20BrNO4S/c1-13-8-15(20)6-7-17(13)26-12-19(23)25-11-18(22)21-10-14-4-3-5-16(9-14)24-2/h3-9H,10-12H2,1-2H3,(H,21,22). The van der Waals surface area contributed by atoms with Gasteiger partial charge in [-0.15, -0.1) is 11.8 Å². The van der Waals surface area contributed by atoms with Crippen LogP contribution in [0.1, 0.15) is 11.1 Å². The number of aryl methyl sites for hydroxylation is 1. The van der Waals surface area contributed by atoms with Crippen LogP contribution in [0.15, 0.2) is 51.8 Å². The molecule has 0 aliphatic carbocycles. The van der Waals surface area contributed by atoms with Crippen LogP contribution in [-0.2, 0) is 20.9 Å². The molecular formula is C19H20BrNO4S. The minimum atomic E-state index is -0.422. The Morgan fingerprint density at radius 2 is 2.00 bits per heavy atom. The van der Waals surface area contributed by atoms with Gasteiger partial charge in [0.2, 0.25) is 0 Å². The van der Waals surface area contributed by atoms with Gasteiger partial charge in [-0.25, -0.2) is 0 Å². The van der Waals surface area contributed by atoms with Crippen molar-refractivity contribution in [3.8, 4) is 5.75 Å². The highest BCUT2D eigenvalue weighted by molar-refractivity contribution is 9.10. The predicted octanol–water partition coefficient (Wildman–Crippen LogP) is 3.72. The van der Waals surface area contributed by atoms with E-state index in [1.54, 1.807) is 7.11 Å². The summed E-state index contributed by atoms with van der Waals surface area (Å²) < 4.78 is 11.1. The normalized spacial score (nSPS) is 10.3. The molecule has 0 fully saturated rings. The van der Waals surface area contributed by atoms with Crippen LogP contribution in [-0.4, -0.2) is 31.3 Å². The van der Waals surface area contributed by atoms with E-state index in [0.29, 0.717) is 6.54 Å². The molecule has 2 aromatic carbocycles. The molecule has 0 aliphatic heterocycles. The molecule has 0 heterocycles. The summed E-state index contributed by atoms with van der Waals surface area (Å²) in [6.45, 7) is 2.04. The molecule has 1 N–H and O–H groups in total. The molecule has 0 saturated carbocycles. The number of halogens is 1. The highest BCUT2D eigenvalue weighted by Gasteiger charge is 2.09. The molecule has 2 aromatic rings. The minimum absolute atomic E-state index is 0.158. The van der Waals surface area contributed by atoms with Crippen molar-refractivity contribution in [2.45, 2.75) is 18.4 Å². The lowest BCUT2D eigenvalue weighted by Crippen LogP contribution is -2.28. The first kappa shape index (κ1) is 20.3. The van der Waals surface area contributed by atoms with Crippen molar-refractivity contribution in [2.24, 2.45) is 0 Å². The van der Waals surface area contributed by atoms with E-state index < -0.39 is 5.97 Å². The van der Waals surface area contributed by atoms with E-state index in [-0.39, 0.29) is 18.3 Å². The number of methoxy groups -OCH3 is 1. The van der Waals surface area contributed by atoms with Crippen LogP contribution in [0.4, 0.5) is 0 Å². The molecular weight excluding hydrogens is 418 g/mol. The zero-order valence-corrected chi connectivity index (χ0v) is 17.0. The van der Waals surface area contributed by atoms with Gasteiger partial charge in [-0.05, 0) is 48.4 Å². The summed E-state index contributed by atoms with van der Waals surface area (Å²) in [5.74, 6) is 0.120. The van der Waals surface area contributed by atoms with Crippen molar-refractivity contribution in [2.75, 3.05) is 19.5 Å². The van der Waals surface area contributed by atoms with E-state index in [2.05, 4.69) is 21.2 Å². The van der Waals surface area contributed by atoms with Gasteiger partial charge >= 0.3 is 5.97 Å². The molecule has 0 unspecified atom stereocenters. The van der Waals surface area contributed by atoms with Gasteiger partial charge in [0.25, 0.3) is 5.91 Å². The fraction of sp³-hybridized carbons (Fsp3) is 0.263. The zero-order chi connectivity index (χ0) is 18.9. The third-order valence-electron chi connectivity index (χ3n) is 3.47. The molecule has 0 saturated heterocycles. The number of thioether (sulfide) groups is 1. The molecule has 2 rings (SSSR count). The third kappa shape index (κ3) is 6.72. The molecule has 0 bridgehead atoms. The lowest BCUT2D eigenvalue weighted by Gasteiger charge is -2.08. The number of esters is 1. The number of benzene rings is 2. The highest BCUT2D eigenvalue weighted by Crippen LogP contribution is 2.25. The Bertz CT molecular complexity index is 782. The van der Waals surface area contributed by atoms with E-state index in [9.17, 15) is 9.59 Å². The van der Waals surface area contributed by atoms with Gasteiger partial charge < -0.3 is 14.8 Å². The topological polar surface area (TPSA) is 64.6 Å². The zero-order valence-electron chi connectivity index (χ0n) is 14.6. The molecule has 5 nitrogen and oxygen atoms in total. The Morgan fingerprint density at radius 1 is 1.19 bits per heavy atom. The fourth-order valence-corrected chi connectivity index (χ4v) is 3.42. The summed E-state index contributed by atoms with van der Waals surface area (Å²) >= 11 is 4.79. The van der Waals surface area contributed by atoms with Gasteiger partial charge in [-0.2, -0.15) is 0 Å². The van der Waals surface area contributed by atoms with Gasteiger partial charge in [-0.1, -0.05) is 28.1 Å². The van der Waals surface area contributed by atoms with Crippen molar-refractivity contribution in [3.63, 3.8) is 0 Å². The smallest absolute Gasteiger partial charge is 0.316 e. The Hall–Kier alpha value is -1.99. The first-order chi connectivity index (χ1) is 12.5. The van der Waals surface area contributed by atoms with Crippen molar-refractivity contribution < 1.29 is 19.1 Å². The molecule has 0 aliphatic rings. The van der Waals surface area contributed by atoms with Crippen LogP contribution in [0.5, 0.6) is 5.75 Å². The largest absolute Gasteiger partial charge is 0.497 e. The first-order valence-corrected chi connectivity index (χ1v) is 9.70. The SMILES string of the molecule is COc1cccc(CNC(=O)COC(=O)CSc2ccc(Br)cc2C)c1. The number of nitrogens with one attached hydrogen (secondary N) is 1.